The van der Waals surface area contributed by atoms with E-state index in [1.807, 2.05) is 4.72 Å². The maximum Gasteiger partial charge on any atom is 0.321 e. The maximum absolute atomic E-state index is 13.3. The van der Waals surface area contributed by atoms with Crippen LogP contribution in [0.4, 0.5) is 4.39 Å². The predicted octanol–water partition coefficient (Wildman–Crippen LogP) is 2.12. The van der Waals surface area contributed by atoms with Crippen LogP contribution in [0, 0.1) is 5.82 Å². The first-order valence-corrected chi connectivity index (χ1v) is 7.75. The minimum Gasteiger partial charge on any atom is -0.480 e. The molecule has 0 aliphatic heterocycles. The number of carboxylic acid groups (broad SMARTS) is 1. The molecule has 1 aromatic rings. The third-order valence-electron chi connectivity index (χ3n) is 2.37. The molecule has 0 saturated carbocycles. The standard InChI is InChI=1S/C11H13BrFNO4S/c1-2-3-10(11(15)16)14-19(17,18)7-4-5-8(12)9(13)6-7/h4-6,10,14H,2-3H2,1H3,(H,15,16). The molecule has 0 heterocycles. The van der Waals surface area contributed by atoms with Crippen molar-refractivity contribution in [3.63, 3.8) is 0 Å². The van der Waals surface area contributed by atoms with E-state index in [0.717, 1.165) is 6.07 Å². The SMILES string of the molecule is CCCC(NS(=O)(=O)c1ccc(Br)c(F)c1)C(=O)O. The van der Waals surface area contributed by atoms with E-state index in [9.17, 15) is 17.6 Å². The first-order chi connectivity index (χ1) is 8.77. The van der Waals surface area contributed by atoms with Crippen molar-refractivity contribution in [3.8, 4) is 0 Å². The Morgan fingerprint density at radius 3 is 2.63 bits per heavy atom. The molecular weight excluding hydrogens is 341 g/mol. The van der Waals surface area contributed by atoms with Gasteiger partial charge in [-0.05, 0) is 40.5 Å². The Morgan fingerprint density at radius 2 is 2.16 bits per heavy atom. The fourth-order valence-electron chi connectivity index (χ4n) is 1.42. The van der Waals surface area contributed by atoms with Gasteiger partial charge < -0.3 is 5.11 Å². The van der Waals surface area contributed by atoms with E-state index < -0.39 is 27.9 Å². The highest BCUT2D eigenvalue weighted by Gasteiger charge is 2.25. The minimum atomic E-state index is -4.06. The zero-order chi connectivity index (χ0) is 14.6. The lowest BCUT2D eigenvalue weighted by molar-refractivity contribution is -0.139. The lowest BCUT2D eigenvalue weighted by Crippen LogP contribution is -2.40. The lowest BCUT2D eigenvalue weighted by Gasteiger charge is -2.14. The minimum absolute atomic E-state index is 0.134. The average Bonchev–Trinajstić information content (AvgIpc) is 2.31. The molecule has 0 aromatic heterocycles. The molecule has 0 radical (unpaired) electrons. The van der Waals surface area contributed by atoms with Crippen LogP contribution in [0.15, 0.2) is 27.6 Å². The summed E-state index contributed by atoms with van der Waals surface area (Å²) in [5.74, 6) is -1.99. The summed E-state index contributed by atoms with van der Waals surface area (Å²) in [7, 11) is -4.06. The van der Waals surface area contributed by atoms with Gasteiger partial charge >= 0.3 is 5.97 Å². The number of rotatable bonds is 6. The first-order valence-electron chi connectivity index (χ1n) is 5.48. The molecule has 0 spiro atoms. The second-order valence-corrected chi connectivity index (χ2v) is 6.45. The molecule has 8 heteroatoms. The van der Waals surface area contributed by atoms with Crippen LogP contribution >= 0.6 is 15.9 Å². The van der Waals surface area contributed by atoms with Gasteiger partial charge in [0.05, 0.1) is 9.37 Å². The summed E-state index contributed by atoms with van der Waals surface area (Å²) in [5, 5.41) is 8.90. The molecule has 1 atom stereocenters. The molecule has 0 fully saturated rings. The summed E-state index contributed by atoms with van der Waals surface area (Å²) in [4.78, 5) is 10.6. The van der Waals surface area contributed by atoms with Crippen LogP contribution in [0.5, 0.6) is 0 Å². The molecule has 19 heavy (non-hydrogen) atoms. The molecule has 1 rings (SSSR count). The Morgan fingerprint density at radius 1 is 1.53 bits per heavy atom. The molecule has 106 valence electrons. The van der Waals surface area contributed by atoms with Crippen LogP contribution in [-0.2, 0) is 14.8 Å². The molecule has 2 N–H and O–H groups in total. The monoisotopic (exact) mass is 353 g/mol. The van der Waals surface area contributed by atoms with Crippen molar-refractivity contribution < 1.29 is 22.7 Å². The number of halogens is 2. The highest BCUT2D eigenvalue weighted by atomic mass is 79.9. The number of nitrogens with one attached hydrogen (secondary N) is 1. The third kappa shape index (κ3) is 4.26. The van der Waals surface area contributed by atoms with E-state index >= 15 is 0 Å². The largest absolute Gasteiger partial charge is 0.480 e. The molecule has 1 unspecified atom stereocenters. The van der Waals surface area contributed by atoms with Gasteiger partial charge in [-0.1, -0.05) is 13.3 Å². The van der Waals surface area contributed by atoms with Crippen molar-refractivity contribution in [2.24, 2.45) is 0 Å². The first kappa shape index (κ1) is 16.1. The number of hydrogen-bond donors (Lipinski definition) is 2. The Balaban J connectivity index is 3.03. The van der Waals surface area contributed by atoms with Gasteiger partial charge in [0.25, 0.3) is 0 Å². The lowest BCUT2D eigenvalue weighted by atomic mass is 10.2. The molecule has 0 amide bonds. The second kappa shape index (κ2) is 6.44. The topological polar surface area (TPSA) is 83.5 Å². The average molecular weight is 354 g/mol. The van der Waals surface area contributed by atoms with Crippen LogP contribution in [0.25, 0.3) is 0 Å². The molecule has 0 aliphatic rings. The van der Waals surface area contributed by atoms with Crippen LogP contribution in [0.3, 0.4) is 0 Å². The quantitative estimate of drug-likeness (QED) is 0.820. The van der Waals surface area contributed by atoms with Crippen molar-refractivity contribution >= 4 is 31.9 Å². The van der Waals surface area contributed by atoms with Crippen molar-refractivity contribution in [2.45, 2.75) is 30.7 Å². The Kier molecular flexibility index (Phi) is 5.45. The van der Waals surface area contributed by atoms with Crippen LogP contribution in [0.2, 0.25) is 0 Å². The van der Waals surface area contributed by atoms with Crippen molar-refractivity contribution in [1.29, 1.82) is 0 Å². The number of benzene rings is 1. The summed E-state index contributed by atoms with van der Waals surface area (Å²) in [5.41, 5.74) is 0. The predicted molar refractivity (Wildman–Crippen MR) is 70.8 cm³/mol. The van der Waals surface area contributed by atoms with Crippen LogP contribution in [0.1, 0.15) is 19.8 Å². The van der Waals surface area contributed by atoms with Crippen LogP contribution < -0.4 is 4.72 Å². The highest BCUT2D eigenvalue weighted by Crippen LogP contribution is 2.19. The molecule has 0 aliphatic carbocycles. The summed E-state index contributed by atoms with van der Waals surface area (Å²) < 4.78 is 39.3. The Labute approximate surface area is 119 Å². The zero-order valence-corrected chi connectivity index (χ0v) is 12.5. The van der Waals surface area contributed by atoms with E-state index in [1.54, 1.807) is 6.92 Å². The molecule has 0 bridgehead atoms. The van der Waals surface area contributed by atoms with Gasteiger partial charge in [0.1, 0.15) is 11.9 Å². The van der Waals surface area contributed by atoms with Gasteiger partial charge in [-0.15, -0.1) is 0 Å². The number of carbonyl (C=O) groups is 1. The summed E-state index contributed by atoms with van der Waals surface area (Å²) >= 11 is 2.91. The molecule has 1 aromatic carbocycles. The van der Waals surface area contributed by atoms with E-state index in [4.69, 9.17) is 5.11 Å². The molecular formula is C11H13BrFNO4S. The maximum atomic E-state index is 13.3. The van der Waals surface area contributed by atoms with Gasteiger partial charge in [-0.3, -0.25) is 4.79 Å². The van der Waals surface area contributed by atoms with Gasteiger partial charge in [-0.2, -0.15) is 4.72 Å². The third-order valence-corrected chi connectivity index (χ3v) is 4.49. The summed E-state index contributed by atoms with van der Waals surface area (Å²) in [6.07, 6.45) is 0.668. The Bertz CT molecular complexity index is 576. The van der Waals surface area contributed by atoms with Gasteiger partial charge in [0.2, 0.25) is 10.0 Å². The highest BCUT2D eigenvalue weighted by molar-refractivity contribution is 9.10. The molecule has 0 saturated heterocycles. The van der Waals surface area contributed by atoms with E-state index in [1.165, 1.54) is 12.1 Å². The normalized spacial score (nSPS) is 13.2. The van der Waals surface area contributed by atoms with Gasteiger partial charge in [-0.25, -0.2) is 12.8 Å². The smallest absolute Gasteiger partial charge is 0.321 e. The van der Waals surface area contributed by atoms with Crippen molar-refractivity contribution in [1.82, 2.24) is 4.72 Å². The van der Waals surface area contributed by atoms with Crippen molar-refractivity contribution in [2.75, 3.05) is 0 Å². The van der Waals surface area contributed by atoms with Gasteiger partial charge in [0.15, 0.2) is 0 Å². The van der Waals surface area contributed by atoms with Gasteiger partial charge in [0, 0.05) is 0 Å². The summed E-state index contributed by atoms with van der Waals surface area (Å²) in [6.45, 7) is 1.74. The zero-order valence-electron chi connectivity index (χ0n) is 10.1. The Hall–Kier alpha value is -0.990. The number of sulfonamides is 1. The van der Waals surface area contributed by atoms with E-state index in [2.05, 4.69) is 15.9 Å². The van der Waals surface area contributed by atoms with Crippen molar-refractivity contribution in [3.05, 3.63) is 28.5 Å². The van der Waals surface area contributed by atoms with Crippen LogP contribution in [-0.4, -0.2) is 25.5 Å². The fraction of sp³-hybridized carbons (Fsp3) is 0.364. The number of aliphatic carboxylic acids is 1. The van der Waals surface area contributed by atoms with E-state index in [0.29, 0.717) is 6.42 Å². The number of hydrogen-bond acceptors (Lipinski definition) is 3. The summed E-state index contributed by atoms with van der Waals surface area (Å²) in [6, 6.07) is 2.05. The van der Waals surface area contributed by atoms with E-state index in [-0.39, 0.29) is 15.8 Å². The molecule has 5 nitrogen and oxygen atoms in total. The fourth-order valence-corrected chi connectivity index (χ4v) is 2.90. The second-order valence-electron chi connectivity index (χ2n) is 3.88. The number of carboxylic acids is 1.